The number of hydrogen-bond donors (Lipinski definition) is 2. The molecule has 1 heterocycles. The lowest BCUT2D eigenvalue weighted by molar-refractivity contribution is -0.116. The van der Waals surface area contributed by atoms with E-state index < -0.39 is 0 Å². The fraction of sp³-hybridized carbons (Fsp3) is 0.600. The van der Waals surface area contributed by atoms with Crippen molar-refractivity contribution in [1.82, 2.24) is 10.2 Å². The minimum absolute atomic E-state index is 0. The Morgan fingerprint density at radius 3 is 2.27 bits per heavy atom. The van der Waals surface area contributed by atoms with Gasteiger partial charge in [0.25, 0.3) is 0 Å². The molecule has 0 spiro atoms. The van der Waals surface area contributed by atoms with E-state index in [1.54, 1.807) is 0 Å². The monoisotopic (exact) mass is 472 g/mol. The summed E-state index contributed by atoms with van der Waals surface area (Å²) in [7, 11) is 1.83. The summed E-state index contributed by atoms with van der Waals surface area (Å²) in [5.41, 5.74) is 2.37. The maximum Gasteiger partial charge on any atom is 0.224 e. The van der Waals surface area contributed by atoms with Gasteiger partial charge in [-0.15, -0.1) is 24.0 Å². The second-order valence-corrected chi connectivity index (χ2v) is 7.92. The van der Waals surface area contributed by atoms with Gasteiger partial charge in [-0.25, -0.2) is 0 Å². The number of carbonyl (C=O) groups is 1. The van der Waals surface area contributed by atoms with Gasteiger partial charge in [-0.1, -0.05) is 32.9 Å². The molecule has 1 aromatic rings. The Morgan fingerprint density at radius 1 is 1.19 bits per heavy atom. The number of likely N-dealkylation sites (tertiary alicyclic amines) is 1. The maximum atomic E-state index is 11.6. The molecule has 146 valence electrons. The van der Waals surface area contributed by atoms with E-state index in [9.17, 15) is 4.79 Å². The van der Waals surface area contributed by atoms with Crippen LogP contribution in [0.25, 0.3) is 0 Å². The molecule has 6 heteroatoms. The molecule has 2 rings (SSSR count). The van der Waals surface area contributed by atoms with E-state index in [0.717, 1.165) is 30.2 Å². The van der Waals surface area contributed by atoms with Gasteiger partial charge in [0.05, 0.1) is 0 Å². The first kappa shape index (κ1) is 22.7. The van der Waals surface area contributed by atoms with Crippen LogP contribution in [0.2, 0.25) is 0 Å². The topological polar surface area (TPSA) is 56.7 Å². The molecule has 1 aromatic carbocycles. The summed E-state index contributed by atoms with van der Waals surface area (Å²) in [6.45, 7) is 12.8. The van der Waals surface area contributed by atoms with Crippen molar-refractivity contribution in [1.29, 1.82) is 0 Å². The lowest BCUT2D eigenvalue weighted by Crippen LogP contribution is -2.72. The van der Waals surface area contributed by atoms with Crippen LogP contribution in [0, 0.1) is 5.41 Å². The molecule has 1 aliphatic heterocycles. The molecule has 5 nitrogen and oxygen atoms in total. The predicted molar refractivity (Wildman–Crippen MR) is 120 cm³/mol. The van der Waals surface area contributed by atoms with Crippen molar-refractivity contribution in [2.24, 2.45) is 10.4 Å². The maximum absolute atomic E-state index is 11.6. The number of amides is 1. The Hall–Kier alpha value is -1.31. The largest absolute Gasteiger partial charge is 0.352 e. The van der Waals surface area contributed by atoms with Crippen LogP contribution in [0.15, 0.2) is 29.3 Å². The molecule has 1 saturated heterocycles. The van der Waals surface area contributed by atoms with E-state index in [1.165, 1.54) is 0 Å². The van der Waals surface area contributed by atoms with Crippen molar-refractivity contribution in [3.63, 3.8) is 0 Å². The third kappa shape index (κ3) is 4.90. The first-order valence-electron chi connectivity index (χ1n) is 9.08. The lowest BCUT2D eigenvalue weighted by Gasteiger charge is -2.62. The smallest absolute Gasteiger partial charge is 0.224 e. The Balaban J connectivity index is 0.00000338. The van der Waals surface area contributed by atoms with Gasteiger partial charge in [0.2, 0.25) is 5.91 Å². The van der Waals surface area contributed by atoms with Gasteiger partial charge in [0.1, 0.15) is 0 Å². The predicted octanol–water partition coefficient (Wildman–Crippen LogP) is 4.24. The molecule has 1 amide bonds. The third-order valence-electron chi connectivity index (χ3n) is 5.52. The minimum Gasteiger partial charge on any atom is -0.352 e. The van der Waals surface area contributed by atoms with E-state index >= 15 is 0 Å². The number of carbonyl (C=O) groups excluding carboxylic acids is 1. The number of halogens is 1. The van der Waals surface area contributed by atoms with Crippen molar-refractivity contribution in [3.8, 4) is 0 Å². The lowest BCUT2D eigenvalue weighted by atomic mass is 9.65. The quantitative estimate of drug-likeness (QED) is 0.383. The average molecular weight is 472 g/mol. The van der Waals surface area contributed by atoms with Crippen LogP contribution < -0.4 is 10.6 Å². The summed E-state index contributed by atoms with van der Waals surface area (Å²) < 4.78 is 0. The number of nitrogens with zero attached hydrogens (tertiary/aromatic N) is 2. The number of guanidine groups is 1. The zero-order valence-corrected chi connectivity index (χ0v) is 19.2. The molecule has 26 heavy (non-hydrogen) atoms. The minimum atomic E-state index is 0. The SMILES string of the molecule is CCCC(=O)Nc1ccc(CNC(=NC)N2CC(C)(C)C2(C)C)cc1.I. The molecular weight excluding hydrogens is 439 g/mol. The number of aliphatic imine (C=N–C) groups is 1. The molecule has 1 fully saturated rings. The average Bonchev–Trinajstić information content (AvgIpc) is 2.56. The molecular formula is C20H33IN4O. The Labute approximate surface area is 175 Å². The molecule has 1 aliphatic rings. The standard InChI is InChI=1S/C20H32N4O.HI/c1-7-8-17(25)23-16-11-9-15(10-12-16)13-22-18(21-6)24-14-19(2,3)20(24,4)5;/h9-12H,7-8,13-14H2,1-6H3,(H,21,22)(H,23,25);1H. The zero-order chi connectivity index (χ0) is 18.7. The normalized spacial score (nSPS) is 17.8. The number of rotatable bonds is 5. The molecule has 0 atom stereocenters. The Kier molecular flexibility index (Phi) is 7.92. The van der Waals surface area contributed by atoms with Crippen LogP contribution in [0.1, 0.15) is 53.0 Å². The summed E-state index contributed by atoms with van der Waals surface area (Å²) in [6.07, 6.45) is 1.41. The van der Waals surface area contributed by atoms with Crippen LogP contribution in [-0.4, -0.2) is 35.9 Å². The first-order chi connectivity index (χ1) is 11.7. The van der Waals surface area contributed by atoms with Crippen LogP contribution in [0.5, 0.6) is 0 Å². The highest BCUT2D eigenvalue weighted by atomic mass is 127. The second kappa shape index (κ2) is 9.06. The molecule has 0 aromatic heterocycles. The van der Waals surface area contributed by atoms with E-state index in [0.29, 0.717) is 13.0 Å². The van der Waals surface area contributed by atoms with Crippen LogP contribution in [0.4, 0.5) is 5.69 Å². The number of benzene rings is 1. The van der Waals surface area contributed by atoms with Crippen molar-refractivity contribution < 1.29 is 4.79 Å². The number of hydrogen-bond acceptors (Lipinski definition) is 2. The molecule has 0 saturated carbocycles. The molecule has 0 unspecified atom stereocenters. The number of anilines is 1. The second-order valence-electron chi connectivity index (χ2n) is 7.92. The van der Waals surface area contributed by atoms with Crippen LogP contribution >= 0.6 is 24.0 Å². The zero-order valence-electron chi connectivity index (χ0n) is 16.8. The highest BCUT2D eigenvalue weighted by molar-refractivity contribution is 14.0. The van der Waals surface area contributed by atoms with Crippen LogP contribution in [-0.2, 0) is 11.3 Å². The molecule has 0 radical (unpaired) electrons. The van der Waals surface area contributed by atoms with Crippen LogP contribution in [0.3, 0.4) is 0 Å². The van der Waals surface area contributed by atoms with E-state index in [1.807, 2.05) is 38.2 Å². The van der Waals surface area contributed by atoms with Crippen molar-refractivity contribution in [2.45, 2.75) is 59.5 Å². The number of nitrogens with one attached hydrogen (secondary N) is 2. The van der Waals surface area contributed by atoms with E-state index in [2.05, 4.69) is 48.2 Å². The van der Waals surface area contributed by atoms with Gasteiger partial charge in [-0.2, -0.15) is 0 Å². The highest BCUT2D eigenvalue weighted by Gasteiger charge is 2.53. The van der Waals surface area contributed by atoms with Gasteiger partial charge in [-0.05, 0) is 38.0 Å². The molecule has 0 aliphatic carbocycles. The highest BCUT2D eigenvalue weighted by Crippen LogP contribution is 2.46. The van der Waals surface area contributed by atoms with Gasteiger partial charge < -0.3 is 15.5 Å². The third-order valence-corrected chi connectivity index (χ3v) is 5.52. The summed E-state index contributed by atoms with van der Waals surface area (Å²) in [5, 5.41) is 6.36. The summed E-state index contributed by atoms with van der Waals surface area (Å²) in [6, 6.07) is 7.97. The van der Waals surface area contributed by atoms with Crippen molar-refractivity contribution >= 4 is 41.5 Å². The summed E-state index contributed by atoms with van der Waals surface area (Å²) in [4.78, 5) is 18.4. The fourth-order valence-corrected chi connectivity index (χ4v) is 3.03. The Morgan fingerprint density at radius 2 is 1.81 bits per heavy atom. The van der Waals surface area contributed by atoms with Gasteiger partial charge in [0.15, 0.2) is 5.96 Å². The molecule has 0 bridgehead atoms. The van der Waals surface area contributed by atoms with Gasteiger partial charge >= 0.3 is 0 Å². The Bertz CT molecular complexity index is 638. The van der Waals surface area contributed by atoms with Gasteiger partial charge in [-0.3, -0.25) is 9.79 Å². The summed E-state index contributed by atoms with van der Waals surface area (Å²) >= 11 is 0. The first-order valence-corrected chi connectivity index (χ1v) is 9.08. The van der Waals surface area contributed by atoms with Crippen molar-refractivity contribution in [3.05, 3.63) is 29.8 Å². The van der Waals surface area contributed by atoms with Crippen molar-refractivity contribution in [2.75, 3.05) is 18.9 Å². The van der Waals surface area contributed by atoms with E-state index in [4.69, 9.17) is 0 Å². The molecule has 2 N–H and O–H groups in total. The van der Waals surface area contributed by atoms with Gasteiger partial charge in [0, 0.05) is 43.2 Å². The van der Waals surface area contributed by atoms with E-state index in [-0.39, 0.29) is 40.8 Å². The summed E-state index contributed by atoms with van der Waals surface area (Å²) in [5.74, 6) is 1.00. The fourth-order valence-electron chi connectivity index (χ4n) is 3.03.